The van der Waals surface area contributed by atoms with Gasteiger partial charge >= 0.3 is 0 Å². The monoisotopic (exact) mass is 221 g/mol. The third-order valence-electron chi connectivity index (χ3n) is 2.77. The zero-order chi connectivity index (χ0) is 11.8. The van der Waals surface area contributed by atoms with Crippen LogP contribution in [0, 0.1) is 0 Å². The summed E-state index contributed by atoms with van der Waals surface area (Å²) in [5, 5.41) is 1.08. The summed E-state index contributed by atoms with van der Waals surface area (Å²) in [5.74, 6) is 0. The topological polar surface area (TPSA) is 41.6 Å². The Hall–Kier alpha value is -2.42. The van der Waals surface area contributed by atoms with Crippen molar-refractivity contribution < 1.29 is 0 Å². The van der Waals surface area contributed by atoms with Crippen molar-refractivity contribution in [2.45, 2.75) is 0 Å². The van der Waals surface area contributed by atoms with E-state index in [0.717, 1.165) is 33.5 Å². The number of nitrogens with one attached hydrogen (secondary N) is 1. The molecule has 3 heteroatoms. The van der Waals surface area contributed by atoms with Crippen molar-refractivity contribution in [2.75, 3.05) is 0 Å². The van der Waals surface area contributed by atoms with Gasteiger partial charge < -0.3 is 4.98 Å². The second-order valence-corrected chi connectivity index (χ2v) is 3.77. The van der Waals surface area contributed by atoms with Gasteiger partial charge in [0.1, 0.15) is 5.52 Å². The van der Waals surface area contributed by atoms with Gasteiger partial charge in [-0.3, -0.25) is 0 Å². The van der Waals surface area contributed by atoms with Crippen molar-refractivity contribution in [3.63, 3.8) is 0 Å². The molecular weight excluding hydrogens is 210 g/mol. The van der Waals surface area contributed by atoms with Gasteiger partial charge in [0.05, 0.1) is 11.4 Å². The molecule has 0 spiro atoms. The van der Waals surface area contributed by atoms with E-state index in [2.05, 4.69) is 28.1 Å². The van der Waals surface area contributed by atoms with Gasteiger partial charge in [0.25, 0.3) is 0 Å². The molecule has 0 bridgehead atoms. The van der Waals surface area contributed by atoms with Gasteiger partial charge in [-0.1, -0.05) is 31.4 Å². The fourth-order valence-electron chi connectivity index (χ4n) is 1.96. The largest absolute Gasteiger partial charge is 0.338 e. The summed E-state index contributed by atoms with van der Waals surface area (Å²) < 4.78 is 0. The molecule has 0 amide bonds. The lowest BCUT2D eigenvalue weighted by atomic mass is 10.2. The van der Waals surface area contributed by atoms with Gasteiger partial charge in [0.15, 0.2) is 5.65 Å². The van der Waals surface area contributed by atoms with Crippen LogP contribution in [-0.4, -0.2) is 15.0 Å². The zero-order valence-corrected chi connectivity index (χ0v) is 9.27. The summed E-state index contributed by atoms with van der Waals surface area (Å²) in [4.78, 5) is 12.3. The third-order valence-corrected chi connectivity index (χ3v) is 2.77. The van der Waals surface area contributed by atoms with Crippen molar-refractivity contribution >= 4 is 34.2 Å². The molecule has 82 valence electrons. The minimum Gasteiger partial charge on any atom is -0.338 e. The zero-order valence-electron chi connectivity index (χ0n) is 9.27. The Morgan fingerprint density at radius 1 is 1.00 bits per heavy atom. The molecule has 3 aromatic rings. The SMILES string of the molecule is C=Cc1nc2[nH]c3ccccc3c2nc1C=C. The predicted octanol–water partition coefficient (Wildman–Crippen LogP) is 3.40. The number of hydrogen-bond acceptors (Lipinski definition) is 2. The Morgan fingerprint density at radius 3 is 2.47 bits per heavy atom. The maximum absolute atomic E-state index is 4.57. The molecule has 1 N–H and O–H groups in total. The van der Waals surface area contributed by atoms with Gasteiger partial charge in [-0.15, -0.1) is 0 Å². The fraction of sp³-hybridized carbons (Fsp3) is 0. The van der Waals surface area contributed by atoms with Crippen LogP contribution in [0.3, 0.4) is 0 Å². The van der Waals surface area contributed by atoms with E-state index in [1.165, 1.54) is 0 Å². The second-order valence-electron chi connectivity index (χ2n) is 3.77. The summed E-state index contributed by atoms with van der Waals surface area (Å²) in [7, 11) is 0. The van der Waals surface area contributed by atoms with E-state index in [1.54, 1.807) is 12.2 Å². The van der Waals surface area contributed by atoms with Gasteiger partial charge in [-0.25, -0.2) is 9.97 Å². The van der Waals surface area contributed by atoms with E-state index in [4.69, 9.17) is 0 Å². The van der Waals surface area contributed by atoms with Gasteiger partial charge in [0.2, 0.25) is 0 Å². The first-order valence-electron chi connectivity index (χ1n) is 5.37. The molecule has 0 saturated heterocycles. The normalized spacial score (nSPS) is 10.8. The quantitative estimate of drug-likeness (QED) is 0.720. The van der Waals surface area contributed by atoms with Crippen LogP contribution in [0.15, 0.2) is 37.4 Å². The Bertz CT molecular complexity index is 738. The van der Waals surface area contributed by atoms with Gasteiger partial charge in [0, 0.05) is 10.9 Å². The Balaban J connectivity index is 2.49. The summed E-state index contributed by atoms with van der Waals surface area (Å²) in [6, 6.07) is 8.02. The number of hydrogen-bond donors (Lipinski definition) is 1. The number of aromatic nitrogens is 3. The molecule has 0 aliphatic carbocycles. The highest BCUT2D eigenvalue weighted by atomic mass is 14.9. The average molecular weight is 221 g/mol. The fourth-order valence-corrected chi connectivity index (χ4v) is 1.96. The van der Waals surface area contributed by atoms with Crippen LogP contribution in [-0.2, 0) is 0 Å². The third kappa shape index (κ3) is 1.36. The molecule has 2 aromatic heterocycles. The molecule has 0 radical (unpaired) electrons. The van der Waals surface area contributed by atoms with Crippen molar-refractivity contribution in [2.24, 2.45) is 0 Å². The van der Waals surface area contributed by atoms with E-state index in [1.807, 2.05) is 24.3 Å². The number of H-pyrrole nitrogens is 1. The summed E-state index contributed by atoms with van der Waals surface area (Å²) >= 11 is 0. The summed E-state index contributed by atoms with van der Waals surface area (Å²) in [6.07, 6.45) is 3.39. The van der Waals surface area contributed by atoms with Gasteiger partial charge in [-0.2, -0.15) is 0 Å². The molecule has 3 rings (SSSR count). The first-order valence-corrected chi connectivity index (χ1v) is 5.37. The van der Waals surface area contributed by atoms with Gasteiger partial charge in [-0.05, 0) is 18.2 Å². The van der Waals surface area contributed by atoms with E-state index in [0.29, 0.717) is 0 Å². The Labute approximate surface area is 98.5 Å². The number of fused-ring (bicyclic) bond motifs is 3. The maximum atomic E-state index is 4.57. The van der Waals surface area contributed by atoms with E-state index in [-0.39, 0.29) is 0 Å². The van der Waals surface area contributed by atoms with E-state index < -0.39 is 0 Å². The number of aromatic amines is 1. The average Bonchev–Trinajstić information content (AvgIpc) is 2.74. The first-order chi connectivity index (χ1) is 8.33. The first kappa shape index (κ1) is 9.78. The summed E-state index contributed by atoms with van der Waals surface area (Å²) in [5.41, 5.74) is 4.21. The molecular formula is C14H11N3. The second kappa shape index (κ2) is 3.56. The molecule has 0 aliphatic heterocycles. The standard InChI is InChI=1S/C14H11N3/c1-3-10-11(4-2)16-14-13(15-10)9-7-5-6-8-12(9)17-14/h3-8H,1-2H2,(H,16,17). The minimum absolute atomic E-state index is 0.749. The van der Waals surface area contributed by atoms with Crippen molar-refractivity contribution in [3.05, 3.63) is 48.8 Å². The highest BCUT2D eigenvalue weighted by molar-refractivity contribution is 6.03. The lowest BCUT2D eigenvalue weighted by Gasteiger charge is -1.99. The Kier molecular flexibility index (Phi) is 2.05. The number of nitrogens with zero attached hydrogens (tertiary/aromatic N) is 2. The lowest BCUT2D eigenvalue weighted by molar-refractivity contribution is 1.23. The number of benzene rings is 1. The van der Waals surface area contributed by atoms with Crippen LogP contribution in [0.1, 0.15) is 11.4 Å². The molecule has 0 unspecified atom stereocenters. The summed E-state index contributed by atoms with van der Waals surface area (Å²) in [6.45, 7) is 7.49. The number of rotatable bonds is 2. The van der Waals surface area contributed by atoms with Crippen LogP contribution in [0.5, 0.6) is 0 Å². The van der Waals surface area contributed by atoms with Crippen molar-refractivity contribution in [3.8, 4) is 0 Å². The Morgan fingerprint density at radius 2 is 1.71 bits per heavy atom. The van der Waals surface area contributed by atoms with Crippen LogP contribution in [0.2, 0.25) is 0 Å². The molecule has 0 saturated carbocycles. The highest BCUT2D eigenvalue weighted by Crippen LogP contribution is 2.23. The maximum Gasteiger partial charge on any atom is 0.157 e. The minimum atomic E-state index is 0.749. The molecule has 0 fully saturated rings. The number of para-hydroxylation sites is 1. The smallest absolute Gasteiger partial charge is 0.157 e. The molecule has 17 heavy (non-hydrogen) atoms. The van der Waals surface area contributed by atoms with Crippen LogP contribution in [0.25, 0.3) is 34.2 Å². The molecule has 3 nitrogen and oxygen atoms in total. The highest BCUT2D eigenvalue weighted by Gasteiger charge is 2.09. The lowest BCUT2D eigenvalue weighted by Crippen LogP contribution is -1.91. The molecule has 2 heterocycles. The van der Waals surface area contributed by atoms with E-state index >= 15 is 0 Å². The molecule has 0 atom stereocenters. The molecule has 1 aromatic carbocycles. The van der Waals surface area contributed by atoms with Crippen LogP contribution in [0.4, 0.5) is 0 Å². The van der Waals surface area contributed by atoms with E-state index in [9.17, 15) is 0 Å². The van der Waals surface area contributed by atoms with Crippen molar-refractivity contribution in [1.82, 2.24) is 15.0 Å². The molecule has 0 aliphatic rings. The van der Waals surface area contributed by atoms with Crippen LogP contribution >= 0.6 is 0 Å². The van der Waals surface area contributed by atoms with Crippen molar-refractivity contribution in [1.29, 1.82) is 0 Å². The van der Waals surface area contributed by atoms with Crippen LogP contribution < -0.4 is 0 Å². The predicted molar refractivity (Wildman–Crippen MR) is 71.6 cm³/mol.